The second-order valence-corrected chi connectivity index (χ2v) is 4.13. The third-order valence-corrected chi connectivity index (χ3v) is 3.21. The largest absolute Gasteiger partial charge is 0.481 e. The van der Waals surface area contributed by atoms with Gasteiger partial charge in [0.05, 0.1) is 5.69 Å². The Morgan fingerprint density at radius 1 is 1.60 bits per heavy atom. The van der Waals surface area contributed by atoms with Gasteiger partial charge in [0.25, 0.3) is 0 Å². The van der Waals surface area contributed by atoms with Gasteiger partial charge >= 0.3 is 5.97 Å². The van der Waals surface area contributed by atoms with Gasteiger partial charge in [0.15, 0.2) is 0 Å². The zero-order valence-electron chi connectivity index (χ0n) is 8.36. The Balaban J connectivity index is 2.09. The van der Waals surface area contributed by atoms with Crippen LogP contribution in [0.5, 0.6) is 0 Å². The minimum Gasteiger partial charge on any atom is -0.481 e. The summed E-state index contributed by atoms with van der Waals surface area (Å²) in [5.74, 6) is 0.632. The number of carboxylic acid groups (broad SMARTS) is 1. The van der Waals surface area contributed by atoms with E-state index in [0.717, 1.165) is 43.3 Å². The first kappa shape index (κ1) is 8.76. The Hall–Kier alpha value is -1.52. The van der Waals surface area contributed by atoms with Crippen molar-refractivity contribution in [3.63, 3.8) is 0 Å². The van der Waals surface area contributed by atoms with Gasteiger partial charge in [-0.25, -0.2) is 4.98 Å². The molecule has 0 aliphatic carbocycles. The topological polar surface area (TPSA) is 67.1 Å². The highest BCUT2D eigenvalue weighted by molar-refractivity contribution is 5.75. The van der Waals surface area contributed by atoms with Gasteiger partial charge in [0, 0.05) is 19.5 Å². The molecule has 0 fully saturated rings. The van der Waals surface area contributed by atoms with Crippen LogP contribution < -0.4 is 5.32 Å². The maximum Gasteiger partial charge on any atom is 0.314 e. The molecule has 2 aliphatic heterocycles. The number of fused-ring (bicyclic) bond motifs is 3. The van der Waals surface area contributed by atoms with Gasteiger partial charge in [0.2, 0.25) is 0 Å². The van der Waals surface area contributed by atoms with Crippen molar-refractivity contribution in [1.82, 2.24) is 9.55 Å². The molecule has 1 atom stereocenters. The summed E-state index contributed by atoms with van der Waals surface area (Å²) in [5, 5.41) is 12.4. The smallest absolute Gasteiger partial charge is 0.314 e. The molecule has 0 bridgehead atoms. The van der Waals surface area contributed by atoms with Gasteiger partial charge < -0.3 is 15.0 Å². The zero-order chi connectivity index (χ0) is 10.4. The van der Waals surface area contributed by atoms with Crippen molar-refractivity contribution in [3.05, 3.63) is 11.5 Å². The summed E-state index contributed by atoms with van der Waals surface area (Å²) in [6.45, 7) is 1.82. The lowest BCUT2D eigenvalue weighted by molar-refractivity contribution is -0.139. The average Bonchev–Trinajstić information content (AvgIpc) is 2.75. The molecule has 0 saturated carbocycles. The predicted octanol–water partition coefficient (Wildman–Crippen LogP) is 0.813. The fraction of sp³-hybridized carbons (Fsp3) is 0.600. The lowest BCUT2D eigenvalue weighted by Gasteiger charge is -2.21. The number of carboxylic acids is 1. The van der Waals surface area contributed by atoms with E-state index in [9.17, 15) is 4.79 Å². The van der Waals surface area contributed by atoms with Crippen LogP contribution in [0.4, 0.5) is 5.82 Å². The van der Waals surface area contributed by atoms with E-state index in [-0.39, 0.29) is 0 Å². The molecule has 0 spiro atoms. The summed E-state index contributed by atoms with van der Waals surface area (Å²) in [6, 6.07) is 0. The molecule has 3 heterocycles. The quantitative estimate of drug-likeness (QED) is 0.715. The summed E-state index contributed by atoms with van der Waals surface area (Å²) in [4.78, 5) is 15.5. The molecule has 5 nitrogen and oxygen atoms in total. The minimum absolute atomic E-state index is 0.411. The number of carbonyl (C=O) groups is 1. The molecular weight excluding hydrogens is 194 g/mol. The first-order chi connectivity index (χ1) is 7.27. The summed E-state index contributed by atoms with van der Waals surface area (Å²) in [6.07, 6.45) is 2.56. The second kappa shape index (κ2) is 2.98. The molecule has 5 heteroatoms. The third kappa shape index (κ3) is 1.15. The Kier molecular flexibility index (Phi) is 1.74. The minimum atomic E-state index is -0.750. The molecule has 0 amide bonds. The first-order valence-electron chi connectivity index (χ1n) is 5.33. The van der Waals surface area contributed by atoms with E-state index in [1.165, 1.54) is 0 Å². The van der Waals surface area contributed by atoms with Gasteiger partial charge in [0.1, 0.15) is 17.6 Å². The van der Waals surface area contributed by atoms with Crippen LogP contribution in [-0.4, -0.2) is 27.2 Å². The van der Waals surface area contributed by atoms with Gasteiger partial charge in [-0.15, -0.1) is 0 Å². The van der Waals surface area contributed by atoms with Crippen LogP contribution in [0, 0.1) is 0 Å². The molecule has 2 N–H and O–H groups in total. The van der Waals surface area contributed by atoms with Crippen molar-refractivity contribution in [3.8, 4) is 0 Å². The number of anilines is 1. The lowest BCUT2D eigenvalue weighted by atomic mass is 9.99. The maximum atomic E-state index is 11.1. The summed E-state index contributed by atoms with van der Waals surface area (Å²) in [5.41, 5.74) is 1.04. The number of nitrogens with zero attached hydrogens (tertiary/aromatic N) is 2. The van der Waals surface area contributed by atoms with Crippen molar-refractivity contribution < 1.29 is 9.90 Å². The fourth-order valence-corrected chi connectivity index (χ4v) is 2.50. The lowest BCUT2D eigenvalue weighted by Crippen LogP contribution is -2.23. The van der Waals surface area contributed by atoms with Crippen LogP contribution >= 0.6 is 0 Å². The molecule has 80 valence electrons. The van der Waals surface area contributed by atoms with Crippen LogP contribution in [0.2, 0.25) is 0 Å². The van der Waals surface area contributed by atoms with Crippen molar-refractivity contribution in [2.75, 3.05) is 11.9 Å². The highest BCUT2D eigenvalue weighted by Gasteiger charge is 2.32. The summed E-state index contributed by atoms with van der Waals surface area (Å²) in [7, 11) is 0. The standard InChI is InChI=1S/C10H13N3O2/c14-10(15)6-2-1-5-13-8(6)12-7-3-4-11-9(7)13/h6,11H,1-5H2,(H,14,15). The number of rotatable bonds is 1. The van der Waals surface area contributed by atoms with E-state index < -0.39 is 11.9 Å². The number of aliphatic carboxylic acids is 1. The van der Waals surface area contributed by atoms with Gasteiger partial charge in [-0.1, -0.05) is 0 Å². The average molecular weight is 207 g/mol. The van der Waals surface area contributed by atoms with Crippen LogP contribution in [0.15, 0.2) is 0 Å². The van der Waals surface area contributed by atoms with E-state index in [4.69, 9.17) is 5.11 Å². The predicted molar refractivity (Wildman–Crippen MR) is 54.0 cm³/mol. The van der Waals surface area contributed by atoms with E-state index in [0.29, 0.717) is 6.42 Å². The van der Waals surface area contributed by atoms with Crippen molar-refractivity contribution >= 4 is 11.8 Å². The normalized spacial score (nSPS) is 23.1. The Labute approximate surface area is 87.1 Å². The van der Waals surface area contributed by atoms with Crippen LogP contribution in [-0.2, 0) is 17.8 Å². The maximum absolute atomic E-state index is 11.1. The Morgan fingerprint density at radius 2 is 2.47 bits per heavy atom. The number of imidazole rings is 1. The first-order valence-corrected chi connectivity index (χ1v) is 5.33. The number of hydrogen-bond acceptors (Lipinski definition) is 3. The Morgan fingerprint density at radius 3 is 3.27 bits per heavy atom. The fourth-order valence-electron chi connectivity index (χ4n) is 2.50. The monoisotopic (exact) mass is 207 g/mol. The molecule has 0 aromatic carbocycles. The van der Waals surface area contributed by atoms with E-state index >= 15 is 0 Å². The molecule has 0 saturated heterocycles. The summed E-state index contributed by atoms with van der Waals surface area (Å²) >= 11 is 0. The van der Waals surface area contributed by atoms with Crippen LogP contribution in [0.3, 0.4) is 0 Å². The van der Waals surface area contributed by atoms with Crippen LogP contribution in [0.1, 0.15) is 30.3 Å². The van der Waals surface area contributed by atoms with E-state index in [2.05, 4.69) is 10.3 Å². The SMILES string of the molecule is O=C(O)C1CCCn2c1nc1c2NCC1. The highest BCUT2D eigenvalue weighted by Crippen LogP contribution is 2.33. The molecule has 0 radical (unpaired) electrons. The molecule has 15 heavy (non-hydrogen) atoms. The second-order valence-electron chi connectivity index (χ2n) is 4.13. The molecule has 1 aromatic rings. The van der Waals surface area contributed by atoms with E-state index in [1.807, 2.05) is 4.57 Å². The van der Waals surface area contributed by atoms with Crippen molar-refractivity contribution in [1.29, 1.82) is 0 Å². The molecule has 1 unspecified atom stereocenters. The zero-order valence-corrected chi connectivity index (χ0v) is 8.36. The number of hydrogen-bond donors (Lipinski definition) is 2. The van der Waals surface area contributed by atoms with Crippen molar-refractivity contribution in [2.24, 2.45) is 0 Å². The number of aromatic nitrogens is 2. The summed E-state index contributed by atoms with van der Waals surface area (Å²) < 4.78 is 2.05. The molecular formula is C10H13N3O2. The third-order valence-electron chi connectivity index (χ3n) is 3.21. The van der Waals surface area contributed by atoms with Crippen LogP contribution in [0.25, 0.3) is 0 Å². The van der Waals surface area contributed by atoms with Gasteiger partial charge in [-0.2, -0.15) is 0 Å². The molecule has 3 rings (SSSR count). The van der Waals surface area contributed by atoms with Gasteiger partial charge in [-0.3, -0.25) is 4.79 Å². The molecule has 1 aromatic heterocycles. The number of nitrogens with one attached hydrogen (secondary N) is 1. The Bertz CT molecular complexity index is 425. The van der Waals surface area contributed by atoms with E-state index in [1.54, 1.807) is 0 Å². The van der Waals surface area contributed by atoms with Crippen molar-refractivity contribution in [2.45, 2.75) is 31.7 Å². The highest BCUT2D eigenvalue weighted by atomic mass is 16.4. The molecule has 2 aliphatic rings. The van der Waals surface area contributed by atoms with Gasteiger partial charge in [-0.05, 0) is 12.8 Å².